The van der Waals surface area contributed by atoms with Gasteiger partial charge >= 0.3 is 0 Å². The van der Waals surface area contributed by atoms with E-state index in [1.807, 2.05) is 49.6 Å². The number of carbonyl (C=O) groups excluding carboxylic acids is 4. The van der Waals surface area contributed by atoms with Crippen molar-refractivity contribution in [3.8, 4) is 11.3 Å². The van der Waals surface area contributed by atoms with Crippen molar-refractivity contribution in [2.45, 2.75) is 31.2 Å². The fourth-order valence-electron chi connectivity index (χ4n) is 4.75. The molecule has 2 heterocycles. The molecule has 11 heteroatoms. The molecule has 1 saturated carbocycles. The second kappa shape index (κ2) is 11.4. The predicted octanol–water partition coefficient (Wildman–Crippen LogP) is 2.18. The van der Waals surface area contributed by atoms with E-state index in [1.54, 1.807) is 29.1 Å². The van der Waals surface area contributed by atoms with Crippen LogP contribution >= 0.6 is 0 Å². The van der Waals surface area contributed by atoms with Gasteiger partial charge in [0.25, 0.3) is 11.8 Å². The average molecular weight is 552 g/mol. The summed E-state index contributed by atoms with van der Waals surface area (Å²) in [5.41, 5.74) is 13.6. The summed E-state index contributed by atoms with van der Waals surface area (Å²) in [7, 11) is 1.86. The summed E-state index contributed by atoms with van der Waals surface area (Å²) in [6.07, 6.45) is 7.36. The first-order valence-corrected chi connectivity index (χ1v) is 13.1. The summed E-state index contributed by atoms with van der Waals surface area (Å²) in [6.45, 7) is 0. The number of benzene rings is 2. The summed E-state index contributed by atoms with van der Waals surface area (Å²) >= 11 is 0. The van der Waals surface area contributed by atoms with Gasteiger partial charge in [-0.05, 0) is 48.6 Å². The number of hydrogen-bond donors (Lipinski definition) is 4. The quantitative estimate of drug-likeness (QED) is 0.184. The summed E-state index contributed by atoms with van der Waals surface area (Å²) < 4.78 is 1.73. The van der Waals surface area contributed by atoms with Crippen molar-refractivity contribution in [1.29, 1.82) is 0 Å². The van der Waals surface area contributed by atoms with Gasteiger partial charge < -0.3 is 11.1 Å². The molecule has 41 heavy (non-hydrogen) atoms. The number of nitrogens with two attached hydrogens (primary N) is 1. The van der Waals surface area contributed by atoms with Crippen LogP contribution in [0.5, 0.6) is 0 Å². The second-order valence-electron chi connectivity index (χ2n) is 9.94. The lowest BCUT2D eigenvalue weighted by molar-refractivity contribution is -0.126. The Hall–Kier alpha value is -5.32. The van der Waals surface area contributed by atoms with Crippen LogP contribution in [0.25, 0.3) is 22.2 Å². The monoisotopic (exact) mass is 551 g/mol. The van der Waals surface area contributed by atoms with Gasteiger partial charge in [-0.2, -0.15) is 5.10 Å². The smallest absolute Gasteiger partial charge is 0.262 e. The van der Waals surface area contributed by atoms with Crippen molar-refractivity contribution in [2.75, 3.05) is 0 Å². The number of primary amides is 1. The molecule has 11 nitrogen and oxygen atoms in total. The largest absolute Gasteiger partial charge is 0.366 e. The Labute approximate surface area is 235 Å². The lowest BCUT2D eigenvalue weighted by Gasteiger charge is -2.22. The van der Waals surface area contributed by atoms with E-state index in [1.165, 1.54) is 0 Å². The van der Waals surface area contributed by atoms with Crippen LogP contribution in [-0.4, -0.2) is 38.4 Å². The number of hydrazine groups is 1. The average Bonchev–Trinajstić information content (AvgIpc) is 3.62. The molecule has 5 rings (SSSR count). The molecular weight excluding hydrogens is 522 g/mol. The third-order valence-corrected chi connectivity index (χ3v) is 6.94. The van der Waals surface area contributed by atoms with E-state index in [-0.39, 0.29) is 18.7 Å². The highest BCUT2D eigenvalue weighted by atomic mass is 16.2. The molecule has 4 amide bonds. The van der Waals surface area contributed by atoms with Crippen LogP contribution in [0.15, 0.2) is 79.1 Å². The maximum Gasteiger partial charge on any atom is 0.262 e. The summed E-state index contributed by atoms with van der Waals surface area (Å²) in [6, 6.07) is 17.1. The number of nitrogens with zero attached hydrogens (tertiary/aromatic N) is 3. The molecule has 208 valence electrons. The van der Waals surface area contributed by atoms with Crippen LogP contribution in [0.3, 0.4) is 0 Å². The Kier molecular flexibility index (Phi) is 7.59. The summed E-state index contributed by atoms with van der Waals surface area (Å²) in [4.78, 5) is 53.1. The minimum absolute atomic E-state index is 0.0265. The Morgan fingerprint density at radius 1 is 1.02 bits per heavy atom. The first-order valence-electron chi connectivity index (χ1n) is 13.1. The maximum atomic E-state index is 13.6. The molecule has 1 fully saturated rings. The van der Waals surface area contributed by atoms with E-state index < -0.39 is 23.3 Å². The number of aryl methyl sites for hydroxylation is 2. The van der Waals surface area contributed by atoms with Crippen molar-refractivity contribution in [2.24, 2.45) is 12.8 Å². The van der Waals surface area contributed by atoms with Gasteiger partial charge in [-0.15, -0.1) is 0 Å². The number of para-hydroxylation sites is 1. The first kappa shape index (κ1) is 27.3. The molecule has 0 spiro atoms. The van der Waals surface area contributed by atoms with Gasteiger partial charge in [0.05, 0.1) is 22.9 Å². The third kappa shape index (κ3) is 6.30. The summed E-state index contributed by atoms with van der Waals surface area (Å²) in [5.74, 6) is -2.15. The molecule has 0 saturated heterocycles. The Morgan fingerprint density at radius 2 is 1.78 bits per heavy atom. The molecule has 4 aromatic rings. The first-order chi connectivity index (χ1) is 19.7. The van der Waals surface area contributed by atoms with E-state index in [9.17, 15) is 19.2 Å². The molecule has 0 unspecified atom stereocenters. The number of nitrogens with one attached hydrogen (secondary N) is 3. The van der Waals surface area contributed by atoms with Gasteiger partial charge in [-0.1, -0.05) is 36.4 Å². The predicted molar refractivity (Wildman–Crippen MR) is 152 cm³/mol. The number of aromatic nitrogens is 3. The molecule has 2 aromatic carbocycles. The van der Waals surface area contributed by atoms with Crippen LogP contribution in [0.1, 0.15) is 40.7 Å². The zero-order valence-corrected chi connectivity index (χ0v) is 22.4. The van der Waals surface area contributed by atoms with Crippen LogP contribution in [0.4, 0.5) is 0 Å². The highest BCUT2D eigenvalue weighted by molar-refractivity contribution is 5.98. The van der Waals surface area contributed by atoms with Gasteiger partial charge in [-0.3, -0.25) is 34.7 Å². The molecule has 2 aromatic heterocycles. The topological polar surface area (TPSA) is 161 Å². The number of rotatable bonds is 9. The zero-order chi connectivity index (χ0) is 29.0. The van der Waals surface area contributed by atoms with Crippen molar-refractivity contribution in [3.63, 3.8) is 0 Å². The lowest BCUT2D eigenvalue weighted by Crippen LogP contribution is -2.41. The molecule has 0 atom stereocenters. The second-order valence-corrected chi connectivity index (χ2v) is 9.94. The fourth-order valence-corrected chi connectivity index (χ4v) is 4.75. The maximum absolute atomic E-state index is 13.6. The van der Waals surface area contributed by atoms with Crippen molar-refractivity contribution in [1.82, 2.24) is 30.9 Å². The van der Waals surface area contributed by atoms with E-state index in [2.05, 4.69) is 21.3 Å². The van der Waals surface area contributed by atoms with Gasteiger partial charge in [0.1, 0.15) is 0 Å². The van der Waals surface area contributed by atoms with Crippen LogP contribution in [0, 0.1) is 0 Å². The SMILES string of the molecule is Cn1cc(-c2cc(C3(NC(=O)c4ccccc4CCC(=O)NNC(=O)/C=C/C(N)=O)CC3)c3ccccc3n2)cn1. The minimum atomic E-state index is -0.777. The number of fused-ring (bicyclic) bond motifs is 1. The van der Waals surface area contributed by atoms with Crippen molar-refractivity contribution < 1.29 is 19.2 Å². The highest BCUT2D eigenvalue weighted by Crippen LogP contribution is 2.48. The molecular formula is C30H29N7O4. The van der Waals surface area contributed by atoms with Gasteiger partial charge in [0.15, 0.2) is 0 Å². The van der Waals surface area contributed by atoms with E-state index in [4.69, 9.17) is 10.7 Å². The van der Waals surface area contributed by atoms with Gasteiger partial charge in [0.2, 0.25) is 11.8 Å². The van der Waals surface area contributed by atoms with Gasteiger partial charge in [0, 0.05) is 48.3 Å². The number of pyridine rings is 1. The van der Waals surface area contributed by atoms with E-state index >= 15 is 0 Å². The van der Waals surface area contributed by atoms with Crippen LogP contribution in [-0.2, 0) is 33.4 Å². The molecule has 1 aliphatic rings. The molecule has 0 radical (unpaired) electrons. The highest BCUT2D eigenvalue weighted by Gasteiger charge is 2.47. The molecule has 5 N–H and O–H groups in total. The Balaban J connectivity index is 1.32. The summed E-state index contributed by atoms with van der Waals surface area (Å²) in [5, 5.41) is 8.54. The van der Waals surface area contributed by atoms with Crippen molar-refractivity contribution >= 4 is 34.5 Å². The lowest BCUT2D eigenvalue weighted by atomic mass is 9.96. The molecule has 1 aliphatic carbocycles. The standard InChI is InChI=1S/C30H29N7O4/c1-37-18-20(17-32-37)25-16-23(22-8-4-5-9-24(22)33-25)30(14-15-30)34-29(41)21-7-3-2-6-19(21)10-12-27(39)35-36-28(40)13-11-26(31)38/h2-9,11,13,16-18H,10,12,14-15H2,1H3,(H2,31,38)(H,34,41)(H,35,39)(H,36,40)/b13-11+. The Morgan fingerprint density at radius 3 is 2.51 bits per heavy atom. The number of hydrogen-bond acceptors (Lipinski definition) is 6. The molecule has 0 aliphatic heterocycles. The van der Waals surface area contributed by atoms with Gasteiger partial charge in [-0.25, -0.2) is 4.98 Å². The van der Waals surface area contributed by atoms with E-state index in [0.29, 0.717) is 11.1 Å². The van der Waals surface area contributed by atoms with Crippen LogP contribution in [0.2, 0.25) is 0 Å². The Bertz CT molecular complexity index is 1690. The number of amides is 4. The molecule has 0 bridgehead atoms. The number of carbonyl (C=O) groups is 4. The third-order valence-electron chi connectivity index (χ3n) is 6.94. The zero-order valence-electron chi connectivity index (χ0n) is 22.4. The normalized spacial score (nSPS) is 13.6. The van der Waals surface area contributed by atoms with E-state index in [0.717, 1.165) is 52.7 Å². The minimum Gasteiger partial charge on any atom is -0.366 e. The van der Waals surface area contributed by atoms with Crippen LogP contribution < -0.4 is 21.9 Å². The van der Waals surface area contributed by atoms with Crippen molar-refractivity contribution in [3.05, 3.63) is 95.8 Å². The fraction of sp³-hybridized carbons (Fsp3) is 0.200.